The molecule has 82 valence electrons. The molecular formula is C8H10N2O3S2. The summed E-state index contributed by atoms with van der Waals surface area (Å²) in [5.74, 6) is -0.586. The first-order valence-corrected chi connectivity index (χ1v) is 7.18. The Labute approximate surface area is 91.4 Å². The van der Waals surface area contributed by atoms with Gasteiger partial charge < -0.3 is 5.32 Å². The first kappa shape index (κ1) is 10.6. The zero-order valence-corrected chi connectivity index (χ0v) is 9.47. The average molecular weight is 246 g/mol. The number of nitrogens with one attached hydrogen (secondary N) is 1. The van der Waals surface area contributed by atoms with Crippen LogP contribution >= 0.6 is 11.3 Å². The van der Waals surface area contributed by atoms with Gasteiger partial charge in [-0.1, -0.05) is 0 Å². The van der Waals surface area contributed by atoms with Gasteiger partial charge in [-0.2, -0.15) is 0 Å². The predicted molar refractivity (Wildman–Crippen MR) is 57.5 cm³/mol. The van der Waals surface area contributed by atoms with Crippen molar-refractivity contribution in [3.8, 4) is 0 Å². The molecule has 1 aliphatic rings. The van der Waals surface area contributed by atoms with Gasteiger partial charge in [0.25, 0.3) is 0 Å². The molecule has 0 saturated carbocycles. The van der Waals surface area contributed by atoms with Gasteiger partial charge in [0.15, 0.2) is 15.0 Å². The van der Waals surface area contributed by atoms with Crippen LogP contribution in [-0.4, -0.2) is 30.8 Å². The quantitative estimate of drug-likeness (QED) is 0.825. The van der Waals surface area contributed by atoms with Crippen LogP contribution in [-0.2, 0) is 14.6 Å². The molecule has 1 fully saturated rings. The van der Waals surface area contributed by atoms with Gasteiger partial charge in [0, 0.05) is 11.6 Å². The SMILES string of the molecule is O=C(Nc1nccs1)C1CCS(=O)(=O)C1. The van der Waals surface area contributed by atoms with E-state index in [0.29, 0.717) is 11.6 Å². The lowest BCUT2D eigenvalue weighted by Crippen LogP contribution is -2.23. The van der Waals surface area contributed by atoms with E-state index in [4.69, 9.17) is 0 Å². The number of hydrogen-bond donors (Lipinski definition) is 1. The zero-order chi connectivity index (χ0) is 10.9. The van der Waals surface area contributed by atoms with E-state index in [1.54, 1.807) is 11.6 Å². The fourth-order valence-electron chi connectivity index (χ4n) is 1.49. The van der Waals surface area contributed by atoms with Crippen LogP contribution in [0.25, 0.3) is 0 Å². The summed E-state index contributed by atoms with van der Waals surface area (Å²) in [4.78, 5) is 15.5. The van der Waals surface area contributed by atoms with Crippen LogP contribution in [0.4, 0.5) is 5.13 Å². The van der Waals surface area contributed by atoms with Gasteiger partial charge in [-0.15, -0.1) is 11.3 Å². The largest absolute Gasteiger partial charge is 0.302 e. The Kier molecular flexibility index (Phi) is 2.74. The molecule has 2 rings (SSSR count). The van der Waals surface area contributed by atoms with Crippen LogP contribution in [0.5, 0.6) is 0 Å². The highest BCUT2D eigenvalue weighted by Gasteiger charge is 2.33. The fourth-order valence-corrected chi connectivity index (χ4v) is 3.77. The van der Waals surface area contributed by atoms with E-state index in [2.05, 4.69) is 10.3 Å². The zero-order valence-electron chi connectivity index (χ0n) is 7.84. The molecule has 1 aliphatic heterocycles. The van der Waals surface area contributed by atoms with Crippen molar-refractivity contribution in [2.45, 2.75) is 6.42 Å². The van der Waals surface area contributed by atoms with Crippen molar-refractivity contribution in [1.29, 1.82) is 0 Å². The summed E-state index contributed by atoms with van der Waals surface area (Å²) in [6, 6.07) is 0. The molecule has 1 N–H and O–H groups in total. The second-order valence-corrected chi connectivity index (χ2v) is 6.55. The lowest BCUT2D eigenvalue weighted by atomic mass is 10.1. The highest BCUT2D eigenvalue weighted by molar-refractivity contribution is 7.91. The van der Waals surface area contributed by atoms with Crippen LogP contribution in [0.2, 0.25) is 0 Å². The summed E-state index contributed by atoms with van der Waals surface area (Å²) >= 11 is 1.32. The summed E-state index contributed by atoms with van der Waals surface area (Å²) < 4.78 is 22.3. The van der Waals surface area contributed by atoms with Crippen molar-refractivity contribution < 1.29 is 13.2 Å². The molecular weight excluding hydrogens is 236 g/mol. The maximum Gasteiger partial charge on any atom is 0.230 e. The lowest BCUT2D eigenvalue weighted by Gasteiger charge is -2.05. The first-order chi connectivity index (χ1) is 7.07. The van der Waals surface area contributed by atoms with Gasteiger partial charge in [0.05, 0.1) is 17.4 Å². The van der Waals surface area contributed by atoms with Crippen molar-refractivity contribution in [2.24, 2.45) is 5.92 Å². The van der Waals surface area contributed by atoms with E-state index in [1.165, 1.54) is 11.3 Å². The molecule has 15 heavy (non-hydrogen) atoms. The number of amides is 1. The number of hydrogen-bond acceptors (Lipinski definition) is 5. The van der Waals surface area contributed by atoms with Gasteiger partial charge >= 0.3 is 0 Å². The van der Waals surface area contributed by atoms with E-state index in [9.17, 15) is 13.2 Å². The van der Waals surface area contributed by atoms with Crippen LogP contribution < -0.4 is 5.32 Å². The van der Waals surface area contributed by atoms with E-state index in [1.807, 2.05) is 0 Å². The van der Waals surface area contributed by atoms with Crippen molar-refractivity contribution in [3.05, 3.63) is 11.6 Å². The molecule has 5 nitrogen and oxygen atoms in total. The standard InChI is InChI=1S/C8H10N2O3S2/c11-7(10-8-9-2-3-14-8)6-1-4-15(12,13)5-6/h2-3,6H,1,4-5H2,(H,9,10,11). The monoisotopic (exact) mass is 246 g/mol. The second kappa shape index (κ2) is 3.90. The molecule has 0 bridgehead atoms. The van der Waals surface area contributed by atoms with Crippen molar-refractivity contribution in [3.63, 3.8) is 0 Å². The Balaban J connectivity index is 1.99. The summed E-state index contributed by atoms with van der Waals surface area (Å²) in [5.41, 5.74) is 0. The van der Waals surface area contributed by atoms with E-state index in [0.717, 1.165) is 0 Å². The number of anilines is 1. The third-order valence-electron chi connectivity index (χ3n) is 2.27. The van der Waals surface area contributed by atoms with Crippen molar-refractivity contribution >= 4 is 32.2 Å². The predicted octanol–water partition coefficient (Wildman–Crippen LogP) is 0.516. The van der Waals surface area contributed by atoms with E-state index >= 15 is 0 Å². The Bertz CT molecular complexity index is 452. The molecule has 0 spiro atoms. The number of carbonyl (C=O) groups is 1. The molecule has 1 amide bonds. The Morgan fingerprint density at radius 3 is 2.93 bits per heavy atom. The van der Waals surface area contributed by atoms with Crippen molar-refractivity contribution in [2.75, 3.05) is 16.8 Å². The number of thiazole rings is 1. The smallest absolute Gasteiger partial charge is 0.230 e. The average Bonchev–Trinajstić information content (AvgIpc) is 2.74. The van der Waals surface area contributed by atoms with Gasteiger partial charge in [-0.3, -0.25) is 4.79 Å². The second-order valence-electron chi connectivity index (χ2n) is 3.43. The minimum Gasteiger partial charge on any atom is -0.302 e. The fraction of sp³-hybridized carbons (Fsp3) is 0.500. The molecule has 1 atom stereocenters. The maximum absolute atomic E-state index is 11.6. The van der Waals surface area contributed by atoms with Crippen molar-refractivity contribution in [1.82, 2.24) is 4.98 Å². The van der Waals surface area contributed by atoms with E-state index < -0.39 is 15.8 Å². The third-order valence-corrected chi connectivity index (χ3v) is 4.72. The summed E-state index contributed by atoms with van der Waals surface area (Å²) in [5, 5.41) is 4.87. The summed E-state index contributed by atoms with van der Waals surface area (Å²) in [6.07, 6.45) is 2.01. The topological polar surface area (TPSA) is 76.1 Å². The summed E-state index contributed by atoms with van der Waals surface area (Å²) in [6.45, 7) is 0. The van der Waals surface area contributed by atoms with Crippen LogP contribution in [0, 0.1) is 5.92 Å². The van der Waals surface area contributed by atoms with Crippen LogP contribution in [0.15, 0.2) is 11.6 Å². The van der Waals surface area contributed by atoms with Crippen LogP contribution in [0.1, 0.15) is 6.42 Å². The molecule has 7 heteroatoms. The maximum atomic E-state index is 11.6. The van der Waals surface area contributed by atoms with Gasteiger partial charge in [-0.05, 0) is 6.42 Å². The lowest BCUT2D eigenvalue weighted by molar-refractivity contribution is -0.119. The number of sulfone groups is 1. The van der Waals surface area contributed by atoms with Gasteiger partial charge in [0.1, 0.15) is 0 Å². The minimum absolute atomic E-state index is 0.0375. The van der Waals surface area contributed by atoms with E-state index in [-0.39, 0.29) is 17.4 Å². The minimum atomic E-state index is -3.00. The molecule has 0 aromatic carbocycles. The highest BCUT2D eigenvalue weighted by Crippen LogP contribution is 2.20. The first-order valence-electron chi connectivity index (χ1n) is 4.47. The number of nitrogens with zero attached hydrogens (tertiary/aromatic N) is 1. The number of aromatic nitrogens is 1. The molecule has 1 saturated heterocycles. The number of rotatable bonds is 2. The third kappa shape index (κ3) is 2.54. The molecule has 1 aromatic rings. The molecule has 0 aliphatic carbocycles. The Hall–Kier alpha value is -0.950. The van der Waals surface area contributed by atoms with Crippen LogP contribution in [0.3, 0.4) is 0 Å². The molecule has 1 aromatic heterocycles. The van der Waals surface area contributed by atoms with Gasteiger partial charge in [-0.25, -0.2) is 13.4 Å². The molecule has 1 unspecified atom stereocenters. The summed E-state index contributed by atoms with van der Waals surface area (Å²) in [7, 11) is -3.00. The molecule has 2 heterocycles. The Morgan fingerprint density at radius 1 is 1.60 bits per heavy atom. The Morgan fingerprint density at radius 2 is 2.40 bits per heavy atom. The highest BCUT2D eigenvalue weighted by atomic mass is 32.2. The normalized spacial score (nSPS) is 23.9. The van der Waals surface area contributed by atoms with Gasteiger partial charge in [0.2, 0.25) is 5.91 Å². The number of carbonyl (C=O) groups excluding carboxylic acids is 1. The molecule has 0 radical (unpaired) electrons.